The third-order valence-electron chi connectivity index (χ3n) is 4.05. The van der Waals surface area contributed by atoms with Crippen LogP contribution in [-0.2, 0) is 29.1 Å². The van der Waals surface area contributed by atoms with Gasteiger partial charge in [-0.15, -0.1) is 0 Å². The van der Waals surface area contributed by atoms with Crippen LogP contribution < -0.4 is 0 Å². The van der Waals surface area contributed by atoms with Gasteiger partial charge in [0.15, 0.2) is 0 Å². The SMILES string of the molecule is CCOCc1cnc2n1CCN(C(=O)Cc1ccco1)[C@@H]2C. The lowest BCUT2D eigenvalue weighted by molar-refractivity contribution is -0.134. The smallest absolute Gasteiger partial charge is 0.230 e. The number of hydrogen-bond acceptors (Lipinski definition) is 4. The number of carbonyl (C=O) groups excluding carboxylic acids is 1. The normalized spacial score (nSPS) is 17.5. The lowest BCUT2D eigenvalue weighted by Crippen LogP contribution is -2.42. The summed E-state index contributed by atoms with van der Waals surface area (Å²) >= 11 is 0. The fraction of sp³-hybridized carbons (Fsp3) is 0.500. The van der Waals surface area contributed by atoms with E-state index in [2.05, 4.69) is 9.55 Å². The molecule has 22 heavy (non-hydrogen) atoms. The second kappa shape index (κ2) is 6.36. The molecule has 0 bridgehead atoms. The average molecular weight is 303 g/mol. The summed E-state index contributed by atoms with van der Waals surface area (Å²) < 4.78 is 12.9. The van der Waals surface area contributed by atoms with Gasteiger partial charge < -0.3 is 18.6 Å². The topological polar surface area (TPSA) is 60.5 Å². The second-order valence-corrected chi connectivity index (χ2v) is 5.42. The predicted molar refractivity (Wildman–Crippen MR) is 80.1 cm³/mol. The molecule has 0 radical (unpaired) electrons. The Bertz CT molecular complexity index is 633. The molecule has 1 aliphatic heterocycles. The van der Waals surface area contributed by atoms with Gasteiger partial charge in [0.1, 0.15) is 11.6 Å². The van der Waals surface area contributed by atoms with Crippen LogP contribution in [0.25, 0.3) is 0 Å². The monoisotopic (exact) mass is 303 g/mol. The fourth-order valence-electron chi connectivity index (χ4n) is 2.89. The molecule has 0 saturated carbocycles. The van der Waals surface area contributed by atoms with Gasteiger partial charge in [0.25, 0.3) is 0 Å². The van der Waals surface area contributed by atoms with E-state index in [0.29, 0.717) is 31.9 Å². The van der Waals surface area contributed by atoms with Crippen LogP contribution in [0.1, 0.15) is 37.2 Å². The maximum Gasteiger partial charge on any atom is 0.230 e. The van der Waals surface area contributed by atoms with Crippen molar-refractivity contribution in [3.63, 3.8) is 0 Å². The van der Waals surface area contributed by atoms with E-state index in [1.165, 1.54) is 0 Å². The summed E-state index contributed by atoms with van der Waals surface area (Å²) in [6.07, 6.45) is 3.74. The van der Waals surface area contributed by atoms with Crippen molar-refractivity contribution >= 4 is 5.91 Å². The summed E-state index contributed by atoms with van der Waals surface area (Å²) in [7, 11) is 0. The molecule has 1 amide bonds. The molecule has 0 aliphatic carbocycles. The third kappa shape index (κ3) is 2.78. The van der Waals surface area contributed by atoms with Gasteiger partial charge in [-0.2, -0.15) is 0 Å². The minimum absolute atomic E-state index is 0.0356. The maximum absolute atomic E-state index is 12.5. The summed E-state index contributed by atoms with van der Waals surface area (Å²) in [5, 5.41) is 0. The van der Waals surface area contributed by atoms with E-state index in [-0.39, 0.29) is 11.9 Å². The molecule has 0 N–H and O–H groups in total. The zero-order valence-electron chi connectivity index (χ0n) is 13.0. The summed E-state index contributed by atoms with van der Waals surface area (Å²) in [6, 6.07) is 3.59. The fourth-order valence-corrected chi connectivity index (χ4v) is 2.89. The molecule has 0 aromatic carbocycles. The van der Waals surface area contributed by atoms with E-state index >= 15 is 0 Å². The van der Waals surface area contributed by atoms with E-state index in [1.807, 2.05) is 31.0 Å². The van der Waals surface area contributed by atoms with Crippen molar-refractivity contribution in [2.45, 2.75) is 39.5 Å². The molecule has 0 fully saturated rings. The quantitative estimate of drug-likeness (QED) is 0.849. The molecule has 0 spiro atoms. The number of hydrogen-bond donors (Lipinski definition) is 0. The van der Waals surface area contributed by atoms with Gasteiger partial charge in [0.05, 0.1) is 37.2 Å². The van der Waals surface area contributed by atoms with Gasteiger partial charge in [0, 0.05) is 19.7 Å². The van der Waals surface area contributed by atoms with Crippen LogP contribution in [0.15, 0.2) is 29.0 Å². The number of furan rings is 1. The molecule has 3 rings (SSSR count). The molecule has 3 heterocycles. The maximum atomic E-state index is 12.5. The van der Waals surface area contributed by atoms with Crippen LogP contribution in [0.3, 0.4) is 0 Å². The lowest BCUT2D eigenvalue weighted by atomic mass is 10.1. The van der Waals surface area contributed by atoms with Crippen LogP contribution in [-0.4, -0.2) is 33.5 Å². The van der Waals surface area contributed by atoms with Crippen LogP contribution >= 0.6 is 0 Å². The minimum Gasteiger partial charge on any atom is -0.469 e. The van der Waals surface area contributed by atoms with Crippen LogP contribution in [0.5, 0.6) is 0 Å². The summed E-state index contributed by atoms with van der Waals surface area (Å²) in [6.45, 7) is 6.68. The Morgan fingerprint density at radius 2 is 2.36 bits per heavy atom. The minimum atomic E-state index is -0.0356. The molecule has 6 heteroatoms. The number of aromatic nitrogens is 2. The van der Waals surface area contributed by atoms with Gasteiger partial charge in [-0.3, -0.25) is 4.79 Å². The molecule has 6 nitrogen and oxygen atoms in total. The predicted octanol–water partition coefficient (Wildman–Crippen LogP) is 2.16. The van der Waals surface area contributed by atoms with Crippen molar-refractivity contribution in [3.05, 3.63) is 41.9 Å². The highest BCUT2D eigenvalue weighted by molar-refractivity contribution is 5.78. The highest BCUT2D eigenvalue weighted by Crippen LogP contribution is 2.26. The Hall–Kier alpha value is -2.08. The summed E-state index contributed by atoms with van der Waals surface area (Å²) in [5.74, 6) is 1.69. The van der Waals surface area contributed by atoms with E-state index in [0.717, 1.165) is 18.1 Å². The Kier molecular flexibility index (Phi) is 4.29. The van der Waals surface area contributed by atoms with Crippen molar-refractivity contribution in [1.29, 1.82) is 0 Å². The first-order valence-corrected chi connectivity index (χ1v) is 7.64. The summed E-state index contributed by atoms with van der Waals surface area (Å²) in [4.78, 5) is 18.8. The molecular formula is C16H21N3O3. The van der Waals surface area contributed by atoms with E-state index < -0.39 is 0 Å². The van der Waals surface area contributed by atoms with Crippen molar-refractivity contribution in [1.82, 2.24) is 14.5 Å². The number of imidazole rings is 1. The number of nitrogens with zero attached hydrogens (tertiary/aromatic N) is 3. The van der Waals surface area contributed by atoms with Crippen molar-refractivity contribution in [3.8, 4) is 0 Å². The number of fused-ring (bicyclic) bond motifs is 1. The van der Waals surface area contributed by atoms with Gasteiger partial charge in [0.2, 0.25) is 5.91 Å². The third-order valence-corrected chi connectivity index (χ3v) is 4.05. The molecule has 2 aromatic heterocycles. The Morgan fingerprint density at radius 1 is 1.50 bits per heavy atom. The molecule has 0 unspecified atom stereocenters. The highest BCUT2D eigenvalue weighted by Gasteiger charge is 2.30. The number of amides is 1. The molecule has 118 valence electrons. The first-order valence-electron chi connectivity index (χ1n) is 7.64. The highest BCUT2D eigenvalue weighted by atomic mass is 16.5. The van der Waals surface area contributed by atoms with E-state index in [9.17, 15) is 4.79 Å². The van der Waals surface area contributed by atoms with Crippen molar-refractivity contribution < 1.29 is 13.9 Å². The van der Waals surface area contributed by atoms with E-state index in [1.54, 1.807) is 12.3 Å². The van der Waals surface area contributed by atoms with Crippen LogP contribution in [0.2, 0.25) is 0 Å². The molecule has 0 saturated heterocycles. The number of ether oxygens (including phenoxy) is 1. The lowest BCUT2D eigenvalue weighted by Gasteiger charge is -2.34. The molecule has 2 aromatic rings. The zero-order chi connectivity index (χ0) is 15.5. The molecule has 1 aliphatic rings. The molecule has 1 atom stereocenters. The van der Waals surface area contributed by atoms with Gasteiger partial charge >= 0.3 is 0 Å². The van der Waals surface area contributed by atoms with Gasteiger partial charge in [-0.1, -0.05) is 0 Å². The second-order valence-electron chi connectivity index (χ2n) is 5.42. The summed E-state index contributed by atoms with van der Waals surface area (Å²) in [5.41, 5.74) is 1.07. The van der Waals surface area contributed by atoms with E-state index in [4.69, 9.17) is 9.15 Å². The van der Waals surface area contributed by atoms with Crippen LogP contribution in [0, 0.1) is 0 Å². The zero-order valence-corrected chi connectivity index (χ0v) is 13.0. The largest absolute Gasteiger partial charge is 0.469 e. The Morgan fingerprint density at radius 3 is 3.09 bits per heavy atom. The standard InChI is InChI=1S/C16H21N3O3/c1-3-21-11-13-10-17-16-12(2)18(6-7-19(13)16)15(20)9-14-5-4-8-22-14/h4-5,8,10,12H,3,6-7,9,11H2,1-2H3/t12-/m1/s1. The first-order chi connectivity index (χ1) is 10.7. The number of carbonyl (C=O) groups is 1. The van der Waals surface area contributed by atoms with Crippen molar-refractivity contribution in [2.24, 2.45) is 0 Å². The van der Waals surface area contributed by atoms with Gasteiger partial charge in [-0.25, -0.2) is 4.98 Å². The Labute approximate surface area is 129 Å². The van der Waals surface area contributed by atoms with Crippen LogP contribution in [0.4, 0.5) is 0 Å². The number of rotatable bonds is 5. The Balaban J connectivity index is 1.72. The average Bonchev–Trinajstić information content (AvgIpc) is 3.15. The van der Waals surface area contributed by atoms with Crippen molar-refractivity contribution in [2.75, 3.05) is 13.2 Å². The van der Waals surface area contributed by atoms with Gasteiger partial charge in [-0.05, 0) is 26.0 Å². The first kappa shape index (κ1) is 14.8. The molecular weight excluding hydrogens is 282 g/mol.